The average Bonchev–Trinajstić information content (AvgIpc) is 3.39. The number of halogens is 5. The number of rotatable bonds is 4. The minimum absolute atomic E-state index is 0.0250. The normalized spacial score (nSPS) is 16.9. The largest absolute Gasteiger partial charge is 0.426 e. The molecule has 2 heterocycles. The van der Waals surface area contributed by atoms with E-state index in [1.54, 1.807) is 31.2 Å². The first-order valence-corrected chi connectivity index (χ1v) is 13.0. The van der Waals surface area contributed by atoms with Crippen LogP contribution in [0.2, 0.25) is 25.1 Å². The zero-order valence-corrected chi connectivity index (χ0v) is 23.1. The summed E-state index contributed by atoms with van der Waals surface area (Å²) < 4.78 is 5.53. The zero-order valence-electron chi connectivity index (χ0n) is 19.4. The quantitative estimate of drug-likeness (QED) is 0.104. The Hall–Kier alpha value is -2.81. The van der Waals surface area contributed by atoms with Gasteiger partial charge < -0.3 is 9.64 Å². The van der Waals surface area contributed by atoms with Crippen LogP contribution in [0.5, 0.6) is 5.75 Å². The third-order valence-corrected chi connectivity index (χ3v) is 8.45. The van der Waals surface area contributed by atoms with Crippen LogP contribution in [0.15, 0.2) is 42.5 Å². The molecule has 1 saturated heterocycles. The number of esters is 1. The summed E-state index contributed by atoms with van der Waals surface area (Å²) in [5, 5.41) is -0.189. The number of carbonyl (C=O) groups is 4. The molecule has 2 aliphatic heterocycles. The van der Waals surface area contributed by atoms with E-state index in [2.05, 4.69) is 0 Å². The van der Waals surface area contributed by atoms with Crippen molar-refractivity contribution in [2.45, 2.75) is 13.3 Å². The number of amides is 3. The number of ether oxygens (including phenoxy) is 1. The Morgan fingerprint density at radius 3 is 2.03 bits per heavy atom. The van der Waals surface area contributed by atoms with Gasteiger partial charge in [-0.3, -0.25) is 19.2 Å². The van der Waals surface area contributed by atoms with Crippen molar-refractivity contribution in [3.05, 3.63) is 84.3 Å². The molecule has 0 bridgehead atoms. The lowest BCUT2D eigenvalue weighted by atomic mass is 10.1. The molecule has 0 saturated carbocycles. The number of hydrogen-bond acceptors (Lipinski definition) is 5. The molecule has 3 aromatic carbocycles. The van der Waals surface area contributed by atoms with Crippen LogP contribution in [0.4, 0.5) is 11.4 Å². The minimum atomic E-state index is -0.715. The lowest BCUT2D eigenvalue weighted by Gasteiger charge is -2.18. The summed E-state index contributed by atoms with van der Waals surface area (Å²) in [4.78, 5) is 54.1. The highest BCUT2D eigenvalue weighted by molar-refractivity contribution is 6.56. The number of para-hydroxylation sites is 1. The molecule has 12 heteroatoms. The summed E-state index contributed by atoms with van der Waals surface area (Å²) in [6.45, 7) is 1.76. The second-order valence-corrected chi connectivity index (χ2v) is 10.6. The van der Waals surface area contributed by atoms with Gasteiger partial charge in [-0.2, -0.15) is 0 Å². The first-order chi connectivity index (χ1) is 18.0. The maximum Gasteiger partial charge on any atom is 0.316 e. The van der Waals surface area contributed by atoms with E-state index in [4.69, 9.17) is 62.7 Å². The summed E-state index contributed by atoms with van der Waals surface area (Å²) in [6, 6.07) is 11.3. The highest BCUT2D eigenvalue weighted by Gasteiger charge is 2.43. The monoisotopic (exact) mass is 610 g/mol. The molecule has 7 nitrogen and oxygen atoms in total. The SMILES string of the molecule is Cc1cc(OC(=O)[C@@H]2CC(=O)N(c3ccccc3Cl)C2)ccc1N1C(=O)c2c(Cl)c(Cl)c(Cl)c(Cl)c2C1=O. The van der Waals surface area contributed by atoms with Crippen LogP contribution in [0.1, 0.15) is 32.7 Å². The van der Waals surface area contributed by atoms with Gasteiger partial charge in [-0.05, 0) is 42.8 Å². The fraction of sp³-hybridized carbons (Fsp3) is 0.154. The molecule has 1 fully saturated rings. The van der Waals surface area contributed by atoms with Crippen LogP contribution in [-0.2, 0) is 9.59 Å². The predicted octanol–water partition coefficient (Wildman–Crippen LogP) is 7.02. The molecule has 194 valence electrons. The first kappa shape index (κ1) is 26.8. The number of fused-ring (bicyclic) bond motifs is 1. The standard InChI is InChI=1S/C26H15Cl5N2O5/c1-11-8-13(38-26(37)12-9-17(34)32(10-12)16-5-3-2-4-14(16)27)6-7-15(11)33-24(35)18-19(25(33)36)21(29)23(31)22(30)20(18)28/h2-8,12H,9-10H2,1H3/t12-/m1/s1. The molecule has 3 aromatic rings. The molecular weight excluding hydrogens is 598 g/mol. The molecule has 0 unspecified atom stereocenters. The Morgan fingerprint density at radius 1 is 0.842 bits per heavy atom. The molecule has 0 aromatic heterocycles. The van der Waals surface area contributed by atoms with Crippen molar-refractivity contribution in [2.75, 3.05) is 16.3 Å². The Balaban J connectivity index is 1.36. The number of benzene rings is 3. The van der Waals surface area contributed by atoms with Crippen LogP contribution in [-0.4, -0.2) is 30.2 Å². The Labute approximate surface area is 241 Å². The van der Waals surface area contributed by atoms with E-state index < -0.39 is 23.7 Å². The van der Waals surface area contributed by atoms with Gasteiger partial charge >= 0.3 is 5.97 Å². The van der Waals surface area contributed by atoms with Crippen LogP contribution < -0.4 is 14.5 Å². The van der Waals surface area contributed by atoms with Gasteiger partial charge in [-0.25, -0.2) is 4.90 Å². The van der Waals surface area contributed by atoms with Gasteiger partial charge in [0.1, 0.15) is 5.75 Å². The van der Waals surface area contributed by atoms with Crippen molar-refractivity contribution in [3.8, 4) is 5.75 Å². The van der Waals surface area contributed by atoms with E-state index >= 15 is 0 Å². The molecular formula is C26H15Cl5N2O5. The Morgan fingerprint density at radius 2 is 1.45 bits per heavy atom. The summed E-state index contributed by atoms with van der Waals surface area (Å²) >= 11 is 30.8. The van der Waals surface area contributed by atoms with E-state index in [9.17, 15) is 19.2 Å². The van der Waals surface area contributed by atoms with Gasteiger partial charge in [0, 0.05) is 13.0 Å². The molecule has 38 heavy (non-hydrogen) atoms. The number of nitrogens with zero attached hydrogens (tertiary/aromatic N) is 2. The molecule has 3 amide bonds. The maximum atomic E-state index is 13.2. The smallest absolute Gasteiger partial charge is 0.316 e. The fourth-order valence-corrected chi connectivity index (χ4v) is 5.73. The third-order valence-electron chi connectivity index (χ3n) is 6.33. The summed E-state index contributed by atoms with van der Waals surface area (Å²) in [5.74, 6) is -2.79. The lowest BCUT2D eigenvalue weighted by molar-refractivity contribution is -0.139. The topological polar surface area (TPSA) is 84.0 Å². The van der Waals surface area contributed by atoms with Gasteiger partial charge in [-0.15, -0.1) is 0 Å². The van der Waals surface area contributed by atoms with Crippen molar-refractivity contribution < 1.29 is 23.9 Å². The summed E-state index contributed by atoms with van der Waals surface area (Å²) in [6.07, 6.45) is -0.0250. The molecule has 1 atom stereocenters. The number of aryl methyl sites for hydroxylation is 1. The maximum absolute atomic E-state index is 13.2. The van der Waals surface area contributed by atoms with Crippen molar-refractivity contribution in [2.24, 2.45) is 5.92 Å². The number of imide groups is 1. The Kier molecular flexibility index (Phi) is 7.09. The van der Waals surface area contributed by atoms with E-state index in [1.807, 2.05) is 0 Å². The van der Waals surface area contributed by atoms with E-state index in [-0.39, 0.29) is 61.5 Å². The molecule has 0 radical (unpaired) electrons. The van der Waals surface area contributed by atoms with Gasteiger partial charge in [0.2, 0.25) is 5.91 Å². The van der Waals surface area contributed by atoms with E-state index in [1.165, 1.54) is 23.1 Å². The van der Waals surface area contributed by atoms with Crippen molar-refractivity contribution in [3.63, 3.8) is 0 Å². The summed E-state index contributed by atoms with van der Waals surface area (Å²) in [5.41, 5.74) is 0.934. The zero-order chi connectivity index (χ0) is 27.5. The van der Waals surface area contributed by atoms with E-state index in [0.717, 1.165) is 4.90 Å². The van der Waals surface area contributed by atoms with Gasteiger partial charge in [0.15, 0.2) is 0 Å². The lowest BCUT2D eigenvalue weighted by Crippen LogP contribution is -2.30. The number of hydrogen-bond donors (Lipinski definition) is 0. The van der Waals surface area contributed by atoms with E-state index in [0.29, 0.717) is 16.3 Å². The molecule has 0 aliphatic carbocycles. The van der Waals surface area contributed by atoms with Crippen LogP contribution in [0, 0.1) is 12.8 Å². The number of anilines is 2. The predicted molar refractivity (Wildman–Crippen MR) is 146 cm³/mol. The highest BCUT2D eigenvalue weighted by Crippen LogP contribution is 2.46. The third kappa shape index (κ3) is 4.32. The molecule has 2 aliphatic rings. The average molecular weight is 613 g/mol. The van der Waals surface area contributed by atoms with Crippen LogP contribution >= 0.6 is 58.0 Å². The first-order valence-electron chi connectivity index (χ1n) is 11.1. The minimum Gasteiger partial charge on any atom is -0.426 e. The molecule has 0 N–H and O–H groups in total. The molecule has 5 rings (SSSR count). The van der Waals surface area contributed by atoms with Crippen molar-refractivity contribution >= 4 is 93.1 Å². The fourth-order valence-electron chi connectivity index (χ4n) is 4.48. The Bertz CT molecular complexity index is 1530. The summed E-state index contributed by atoms with van der Waals surface area (Å²) in [7, 11) is 0. The van der Waals surface area contributed by atoms with Crippen molar-refractivity contribution in [1.29, 1.82) is 0 Å². The van der Waals surface area contributed by atoms with Crippen LogP contribution in [0.3, 0.4) is 0 Å². The van der Waals surface area contributed by atoms with Gasteiger partial charge in [-0.1, -0.05) is 70.1 Å². The van der Waals surface area contributed by atoms with Crippen molar-refractivity contribution in [1.82, 2.24) is 0 Å². The van der Waals surface area contributed by atoms with Gasteiger partial charge in [0.05, 0.1) is 53.5 Å². The molecule has 0 spiro atoms. The van der Waals surface area contributed by atoms with Gasteiger partial charge in [0.25, 0.3) is 11.8 Å². The highest BCUT2D eigenvalue weighted by atomic mass is 35.5. The second kappa shape index (κ2) is 10.1. The second-order valence-electron chi connectivity index (χ2n) is 8.68. The van der Waals surface area contributed by atoms with Crippen LogP contribution in [0.25, 0.3) is 0 Å². The number of carbonyl (C=O) groups excluding carboxylic acids is 4.